The maximum atomic E-state index is 5.39. The predicted octanol–water partition coefficient (Wildman–Crippen LogP) is 0.0167. The first kappa shape index (κ1) is 20.0. The van der Waals surface area contributed by atoms with E-state index in [9.17, 15) is 0 Å². The zero-order valence-corrected chi connectivity index (χ0v) is 16.6. The summed E-state index contributed by atoms with van der Waals surface area (Å²) in [5, 5.41) is 11.5. The average Bonchev–Trinajstić information content (AvgIpc) is 3.08. The molecule has 0 spiro atoms. The Labute approximate surface area is 161 Å². The van der Waals surface area contributed by atoms with Crippen molar-refractivity contribution in [3.8, 4) is 0 Å². The number of fused-ring (bicyclic) bond motifs is 1. The van der Waals surface area contributed by atoms with Crippen LogP contribution in [-0.2, 0) is 29.0 Å². The SMILES string of the molecule is CCNC(=NCCCN1CCOCC1)NC1CCc2nc(COC)nn2C1. The molecule has 0 aliphatic carbocycles. The minimum Gasteiger partial charge on any atom is -0.379 e. The van der Waals surface area contributed by atoms with Gasteiger partial charge in [0.15, 0.2) is 11.8 Å². The van der Waals surface area contributed by atoms with Crippen molar-refractivity contribution in [2.75, 3.05) is 53.0 Å². The number of aromatic nitrogens is 3. The topological polar surface area (TPSA) is 88.8 Å². The van der Waals surface area contributed by atoms with Crippen LogP contribution in [0.4, 0.5) is 0 Å². The number of aryl methyl sites for hydroxylation is 1. The fourth-order valence-electron chi connectivity index (χ4n) is 3.49. The number of ether oxygens (including phenoxy) is 2. The molecular formula is C18H33N7O2. The zero-order chi connectivity index (χ0) is 18.9. The van der Waals surface area contributed by atoms with Gasteiger partial charge in [-0.05, 0) is 19.8 Å². The number of hydrogen-bond donors (Lipinski definition) is 2. The fourth-order valence-corrected chi connectivity index (χ4v) is 3.49. The van der Waals surface area contributed by atoms with E-state index in [0.717, 1.165) is 89.4 Å². The number of nitrogens with zero attached hydrogens (tertiary/aromatic N) is 5. The number of morpholine rings is 1. The van der Waals surface area contributed by atoms with E-state index in [1.165, 1.54) is 0 Å². The van der Waals surface area contributed by atoms with Crippen LogP contribution in [0.25, 0.3) is 0 Å². The molecule has 2 N–H and O–H groups in total. The summed E-state index contributed by atoms with van der Waals surface area (Å²) in [6, 6.07) is 0.312. The van der Waals surface area contributed by atoms with Crippen molar-refractivity contribution >= 4 is 5.96 Å². The highest BCUT2D eigenvalue weighted by molar-refractivity contribution is 5.80. The minimum atomic E-state index is 0.312. The van der Waals surface area contributed by atoms with Crippen molar-refractivity contribution in [1.29, 1.82) is 0 Å². The Balaban J connectivity index is 1.46. The first-order valence-electron chi connectivity index (χ1n) is 10.0. The highest BCUT2D eigenvalue weighted by atomic mass is 16.5. The molecule has 1 fully saturated rings. The summed E-state index contributed by atoms with van der Waals surface area (Å²) in [7, 11) is 1.67. The number of nitrogens with one attached hydrogen (secondary N) is 2. The summed E-state index contributed by atoms with van der Waals surface area (Å²) < 4.78 is 12.5. The quantitative estimate of drug-likeness (QED) is 0.374. The van der Waals surface area contributed by atoms with Gasteiger partial charge in [0.05, 0.1) is 19.8 Å². The van der Waals surface area contributed by atoms with Gasteiger partial charge in [0.1, 0.15) is 12.4 Å². The van der Waals surface area contributed by atoms with Gasteiger partial charge in [0.25, 0.3) is 0 Å². The Bertz CT molecular complexity index is 599. The van der Waals surface area contributed by atoms with Gasteiger partial charge in [0.2, 0.25) is 0 Å². The van der Waals surface area contributed by atoms with Crippen LogP contribution in [0, 0.1) is 0 Å². The van der Waals surface area contributed by atoms with Gasteiger partial charge in [0, 0.05) is 52.3 Å². The van der Waals surface area contributed by atoms with E-state index in [1.807, 2.05) is 4.68 Å². The molecule has 1 atom stereocenters. The molecule has 0 amide bonds. The van der Waals surface area contributed by atoms with E-state index in [-0.39, 0.29) is 0 Å². The molecule has 3 rings (SSSR count). The fraction of sp³-hybridized carbons (Fsp3) is 0.833. The van der Waals surface area contributed by atoms with E-state index in [1.54, 1.807) is 7.11 Å². The third-order valence-corrected chi connectivity index (χ3v) is 4.87. The van der Waals surface area contributed by atoms with Gasteiger partial charge < -0.3 is 20.1 Å². The van der Waals surface area contributed by atoms with E-state index in [4.69, 9.17) is 14.5 Å². The van der Waals surface area contributed by atoms with Crippen molar-refractivity contribution in [1.82, 2.24) is 30.3 Å². The lowest BCUT2D eigenvalue weighted by molar-refractivity contribution is 0.0377. The van der Waals surface area contributed by atoms with Crippen LogP contribution in [-0.4, -0.2) is 84.7 Å². The summed E-state index contributed by atoms with van der Waals surface area (Å²) in [5.74, 6) is 2.70. The lowest BCUT2D eigenvalue weighted by Crippen LogP contribution is -2.47. The van der Waals surface area contributed by atoms with E-state index in [0.29, 0.717) is 12.6 Å². The Morgan fingerprint density at radius 1 is 1.37 bits per heavy atom. The number of methoxy groups -OCH3 is 1. The van der Waals surface area contributed by atoms with E-state index < -0.39 is 0 Å². The molecule has 0 bridgehead atoms. The molecule has 9 heteroatoms. The van der Waals surface area contributed by atoms with Crippen LogP contribution < -0.4 is 10.6 Å². The van der Waals surface area contributed by atoms with Crippen molar-refractivity contribution in [2.24, 2.45) is 4.99 Å². The van der Waals surface area contributed by atoms with E-state index >= 15 is 0 Å². The first-order valence-corrected chi connectivity index (χ1v) is 10.0. The molecule has 1 saturated heterocycles. The zero-order valence-electron chi connectivity index (χ0n) is 16.6. The molecule has 9 nitrogen and oxygen atoms in total. The summed E-state index contributed by atoms with van der Waals surface area (Å²) in [6.07, 6.45) is 3.02. The van der Waals surface area contributed by atoms with Crippen molar-refractivity contribution in [3.05, 3.63) is 11.6 Å². The van der Waals surface area contributed by atoms with Crippen LogP contribution in [0.15, 0.2) is 4.99 Å². The van der Waals surface area contributed by atoms with Gasteiger partial charge in [-0.3, -0.25) is 9.89 Å². The molecule has 2 aliphatic rings. The molecule has 1 aromatic heterocycles. The molecule has 0 radical (unpaired) electrons. The van der Waals surface area contributed by atoms with Crippen LogP contribution >= 0.6 is 0 Å². The standard InChI is InChI=1S/C18H33N7O2/c1-3-19-18(20-7-4-8-24-9-11-27-12-10-24)21-15-5-6-17-22-16(14-26-2)23-25(17)13-15/h15H,3-14H2,1-2H3,(H2,19,20,21). The number of guanidine groups is 1. The van der Waals surface area contributed by atoms with Gasteiger partial charge in [-0.2, -0.15) is 5.10 Å². The second-order valence-corrected chi connectivity index (χ2v) is 7.01. The third-order valence-electron chi connectivity index (χ3n) is 4.87. The Morgan fingerprint density at radius 3 is 3.00 bits per heavy atom. The smallest absolute Gasteiger partial charge is 0.191 e. The Morgan fingerprint density at radius 2 is 2.22 bits per heavy atom. The van der Waals surface area contributed by atoms with E-state index in [2.05, 4.69) is 32.5 Å². The predicted molar refractivity (Wildman–Crippen MR) is 104 cm³/mol. The van der Waals surface area contributed by atoms with Crippen molar-refractivity contribution in [2.45, 2.75) is 45.4 Å². The van der Waals surface area contributed by atoms with Crippen molar-refractivity contribution < 1.29 is 9.47 Å². The summed E-state index contributed by atoms with van der Waals surface area (Å²) in [6.45, 7) is 9.91. The molecule has 0 saturated carbocycles. The van der Waals surface area contributed by atoms with Crippen LogP contribution in [0.1, 0.15) is 31.4 Å². The molecule has 152 valence electrons. The normalized spacial score (nSPS) is 21.1. The van der Waals surface area contributed by atoms with Crippen molar-refractivity contribution in [3.63, 3.8) is 0 Å². The lowest BCUT2D eigenvalue weighted by Gasteiger charge is -2.26. The third kappa shape index (κ3) is 6.15. The number of hydrogen-bond acceptors (Lipinski definition) is 6. The maximum absolute atomic E-state index is 5.39. The lowest BCUT2D eigenvalue weighted by atomic mass is 10.1. The van der Waals surface area contributed by atoms with Gasteiger partial charge in [-0.15, -0.1) is 0 Å². The largest absolute Gasteiger partial charge is 0.379 e. The second-order valence-electron chi connectivity index (χ2n) is 7.01. The van der Waals surface area contributed by atoms with Gasteiger partial charge >= 0.3 is 0 Å². The van der Waals surface area contributed by atoms with Crippen LogP contribution in [0.5, 0.6) is 0 Å². The Hall–Kier alpha value is -1.71. The molecular weight excluding hydrogens is 346 g/mol. The first-order chi connectivity index (χ1) is 13.3. The maximum Gasteiger partial charge on any atom is 0.191 e. The highest BCUT2D eigenvalue weighted by Gasteiger charge is 2.22. The molecule has 27 heavy (non-hydrogen) atoms. The van der Waals surface area contributed by atoms with Gasteiger partial charge in [-0.25, -0.2) is 9.67 Å². The second kappa shape index (κ2) is 10.6. The molecule has 0 aromatic carbocycles. The highest BCUT2D eigenvalue weighted by Crippen LogP contribution is 2.13. The summed E-state index contributed by atoms with van der Waals surface area (Å²) in [4.78, 5) is 11.7. The molecule has 2 aliphatic heterocycles. The summed E-state index contributed by atoms with van der Waals surface area (Å²) >= 11 is 0. The summed E-state index contributed by atoms with van der Waals surface area (Å²) in [5.41, 5.74) is 0. The Kier molecular flexibility index (Phi) is 7.85. The number of rotatable bonds is 8. The van der Waals surface area contributed by atoms with Gasteiger partial charge in [-0.1, -0.05) is 0 Å². The average molecular weight is 380 g/mol. The molecule has 1 unspecified atom stereocenters. The minimum absolute atomic E-state index is 0.312. The molecule has 1 aromatic rings. The molecule has 3 heterocycles. The van der Waals surface area contributed by atoms with Crippen LogP contribution in [0.3, 0.4) is 0 Å². The van der Waals surface area contributed by atoms with Crippen LogP contribution in [0.2, 0.25) is 0 Å². The monoisotopic (exact) mass is 379 g/mol. The number of aliphatic imine (C=N–C) groups is 1.